The van der Waals surface area contributed by atoms with Crippen molar-refractivity contribution in [1.82, 2.24) is 10.3 Å². The molecule has 1 heterocycles. The number of aromatic nitrogens is 1. The SMILES string of the molecule is CCCC(CC)(NC)c1nc2c(s1)CCCC2. The zero-order valence-corrected chi connectivity index (χ0v) is 12.1. The Morgan fingerprint density at radius 2 is 2.06 bits per heavy atom. The van der Waals surface area contributed by atoms with Crippen molar-refractivity contribution in [3.8, 4) is 0 Å². The van der Waals surface area contributed by atoms with Crippen molar-refractivity contribution in [2.45, 2.75) is 64.3 Å². The molecule has 1 aliphatic rings. The van der Waals surface area contributed by atoms with Gasteiger partial charge in [-0.1, -0.05) is 20.3 Å². The molecular formula is C14H24N2S. The van der Waals surface area contributed by atoms with E-state index in [1.807, 2.05) is 11.3 Å². The fourth-order valence-electron chi connectivity index (χ4n) is 2.83. The summed E-state index contributed by atoms with van der Waals surface area (Å²) in [5.74, 6) is 0. The van der Waals surface area contributed by atoms with E-state index in [1.165, 1.54) is 49.2 Å². The molecule has 1 atom stereocenters. The molecule has 2 nitrogen and oxygen atoms in total. The standard InChI is InChI=1S/C14H24N2S/c1-4-10-14(5-2,15-3)13-16-11-8-6-7-9-12(11)17-13/h15H,4-10H2,1-3H3. The minimum atomic E-state index is 0.122. The van der Waals surface area contributed by atoms with Gasteiger partial charge in [-0.3, -0.25) is 0 Å². The van der Waals surface area contributed by atoms with Crippen molar-refractivity contribution < 1.29 is 0 Å². The van der Waals surface area contributed by atoms with Gasteiger partial charge in [0.2, 0.25) is 0 Å². The maximum atomic E-state index is 4.94. The maximum absolute atomic E-state index is 4.94. The minimum Gasteiger partial charge on any atom is -0.308 e. The Bertz CT molecular complexity index is 343. The Hall–Kier alpha value is -0.410. The van der Waals surface area contributed by atoms with E-state index in [1.54, 1.807) is 4.88 Å². The number of rotatable bonds is 5. The first-order valence-corrected chi connectivity index (χ1v) is 7.75. The average Bonchev–Trinajstić information content (AvgIpc) is 2.80. The van der Waals surface area contributed by atoms with Gasteiger partial charge in [-0.2, -0.15) is 0 Å². The van der Waals surface area contributed by atoms with Gasteiger partial charge in [0.25, 0.3) is 0 Å². The lowest BCUT2D eigenvalue weighted by Gasteiger charge is -2.30. The molecule has 1 aromatic rings. The molecule has 0 fully saturated rings. The molecule has 0 radical (unpaired) electrons. The second-order valence-electron chi connectivity index (χ2n) is 5.03. The topological polar surface area (TPSA) is 24.9 Å². The third-order valence-corrected chi connectivity index (χ3v) is 5.38. The van der Waals surface area contributed by atoms with Gasteiger partial charge in [0, 0.05) is 4.88 Å². The van der Waals surface area contributed by atoms with Crippen LogP contribution in [-0.4, -0.2) is 12.0 Å². The number of nitrogens with zero attached hydrogens (tertiary/aromatic N) is 1. The van der Waals surface area contributed by atoms with Crippen molar-refractivity contribution in [1.29, 1.82) is 0 Å². The predicted molar refractivity (Wildman–Crippen MR) is 74.7 cm³/mol. The molecule has 1 N–H and O–H groups in total. The third kappa shape index (κ3) is 2.41. The summed E-state index contributed by atoms with van der Waals surface area (Å²) in [6, 6.07) is 0. The number of hydrogen-bond acceptors (Lipinski definition) is 3. The molecule has 1 unspecified atom stereocenters. The van der Waals surface area contributed by atoms with Crippen LogP contribution in [0.1, 0.15) is 61.5 Å². The van der Waals surface area contributed by atoms with E-state index in [4.69, 9.17) is 4.98 Å². The van der Waals surface area contributed by atoms with Crippen molar-refractivity contribution in [3.63, 3.8) is 0 Å². The molecular weight excluding hydrogens is 228 g/mol. The third-order valence-electron chi connectivity index (χ3n) is 4.01. The Kier molecular flexibility index (Phi) is 4.21. The highest BCUT2D eigenvalue weighted by atomic mass is 32.1. The molecule has 0 saturated heterocycles. The summed E-state index contributed by atoms with van der Waals surface area (Å²) in [5, 5.41) is 4.87. The molecule has 0 bridgehead atoms. The van der Waals surface area contributed by atoms with Gasteiger partial charge in [0.1, 0.15) is 5.01 Å². The predicted octanol–water partition coefficient (Wildman–Crippen LogP) is 3.65. The van der Waals surface area contributed by atoms with Gasteiger partial charge in [-0.25, -0.2) is 4.98 Å². The average molecular weight is 252 g/mol. The second-order valence-corrected chi connectivity index (χ2v) is 6.12. The van der Waals surface area contributed by atoms with Crippen LogP contribution in [0.25, 0.3) is 0 Å². The van der Waals surface area contributed by atoms with Gasteiger partial charge in [0.05, 0.1) is 11.2 Å². The highest BCUT2D eigenvalue weighted by Crippen LogP contribution is 2.36. The molecule has 96 valence electrons. The Morgan fingerprint density at radius 1 is 1.29 bits per heavy atom. The van der Waals surface area contributed by atoms with Crippen LogP contribution in [0.4, 0.5) is 0 Å². The molecule has 0 aromatic carbocycles. The van der Waals surface area contributed by atoms with E-state index in [0.29, 0.717) is 0 Å². The Balaban J connectivity index is 2.32. The van der Waals surface area contributed by atoms with E-state index in [2.05, 4.69) is 26.2 Å². The van der Waals surface area contributed by atoms with Gasteiger partial charge in [-0.05, 0) is 45.6 Å². The molecule has 1 aliphatic carbocycles. The molecule has 3 heteroatoms. The monoisotopic (exact) mass is 252 g/mol. The van der Waals surface area contributed by atoms with Crippen molar-refractivity contribution in [3.05, 3.63) is 15.6 Å². The quantitative estimate of drug-likeness (QED) is 0.865. The zero-order valence-electron chi connectivity index (χ0n) is 11.3. The summed E-state index contributed by atoms with van der Waals surface area (Å²) in [6.45, 7) is 4.53. The van der Waals surface area contributed by atoms with E-state index in [-0.39, 0.29) is 5.54 Å². The molecule has 17 heavy (non-hydrogen) atoms. The van der Waals surface area contributed by atoms with Gasteiger partial charge >= 0.3 is 0 Å². The number of thiazole rings is 1. The summed E-state index contributed by atoms with van der Waals surface area (Å²) in [7, 11) is 2.08. The smallest absolute Gasteiger partial charge is 0.113 e. The maximum Gasteiger partial charge on any atom is 0.113 e. The normalized spacial score (nSPS) is 18.8. The number of hydrogen-bond donors (Lipinski definition) is 1. The van der Waals surface area contributed by atoms with E-state index in [9.17, 15) is 0 Å². The molecule has 0 saturated carbocycles. The van der Waals surface area contributed by atoms with Crippen LogP contribution in [0, 0.1) is 0 Å². The summed E-state index contributed by atoms with van der Waals surface area (Å²) >= 11 is 1.96. The van der Waals surface area contributed by atoms with Crippen LogP contribution in [0.2, 0.25) is 0 Å². The fraction of sp³-hybridized carbons (Fsp3) is 0.786. The first-order chi connectivity index (χ1) is 8.25. The van der Waals surface area contributed by atoms with E-state index < -0.39 is 0 Å². The molecule has 0 spiro atoms. The number of nitrogens with one attached hydrogen (secondary N) is 1. The number of fused-ring (bicyclic) bond motifs is 1. The van der Waals surface area contributed by atoms with Crippen molar-refractivity contribution in [2.24, 2.45) is 0 Å². The fourth-order valence-corrected chi connectivity index (χ4v) is 4.27. The first kappa shape index (κ1) is 13.0. The van der Waals surface area contributed by atoms with Gasteiger partial charge in [0.15, 0.2) is 0 Å². The summed E-state index contributed by atoms with van der Waals surface area (Å²) in [6.07, 6.45) is 8.64. The highest BCUT2D eigenvalue weighted by molar-refractivity contribution is 7.11. The molecule has 2 rings (SSSR count). The first-order valence-electron chi connectivity index (χ1n) is 6.93. The zero-order chi connectivity index (χ0) is 12.3. The lowest BCUT2D eigenvalue weighted by atomic mass is 9.91. The Morgan fingerprint density at radius 3 is 2.65 bits per heavy atom. The minimum absolute atomic E-state index is 0.122. The van der Waals surface area contributed by atoms with Crippen LogP contribution < -0.4 is 5.32 Å². The second kappa shape index (κ2) is 5.49. The van der Waals surface area contributed by atoms with Gasteiger partial charge < -0.3 is 5.32 Å². The molecule has 1 aromatic heterocycles. The lowest BCUT2D eigenvalue weighted by molar-refractivity contribution is 0.316. The summed E-state index contributed by atoms with van der Waals surface area (Å²) < 4.78 is 0. The van der Waals surface area contributed by atoms with Gasteiger partial charge in [-0.15, -0.1) is 11.3 Å². The van der Waals surface area contributed by atoms with Crippen LogP contribution >= 0.6 is 11.3 Å². The van der Waals surface area contributed by atoms with E-state index >= 15 is 0 Å². The van der Waals surface area contributed by atoms with Crippen LogP contribution in [0.15, 0.2) is 0 Å². The van der Waals surface area contributed by atoms with Crippen molar-refractivity contribution in [2.75, 3.05) is 7.05 Å². The molecule has 0 amide bonds. The summed E-state index contributed by atoms with van der Waals surface area (Å²) in [4.78, 5) is 6.49. The lowest BCUT2D eigenvalue weighted by Crippen LogP contribution is -2.39. The Labute approximate surface area is 109 Å². The van der Waals surface area contributed by atoms with Crippen LogP contribution in [0.3, 0.4) is 0 Å². The van der Waals surface area contributed by atoms with Crippen LogP contribution in [0.5, 0.6) is 0 Å². The summed E-state index contributed by atoms with van der Waals surface area (Å²) in [5.41, 5.74) is 1.51. The largest absolute Gasteiger partial charge is 0.308 e. The molecule has 0 aliphatic heterocycles. The number of aryl methyl sites for hydroxylation is 2. The van der Waals surface area contributed by atoms with E-state index in [0.717, 1.165) is 6.42 Å². The van der Waals surface area contributed by atoms with Crippen molar-refractivity contribution >= 4 is 11.3 Å². The van der Waals surface area contributed by atoms with Crippen LogP contribution in [-0.2, 0) is 18.4 Å². The highest BCUT2D eigenvalue weighted by Gasteiger charge is 2.32.